The average molecular weight is 432 g/mol. The Labute approximate surface area is 175 Å². The summed E-state index contributed by atoms with van der Waals surface area (Å²) in [4.78, 5) is 19.3. The molecule has 0 radical (unpaired) electrons. The van der Waals surface area contributed by atoms with Gasteiger partial charge in [0, 0.05) is 29.6 Å². The molecule has 0 saturated carbocycles. The number of halogens is 1. The molecule has 152 valence electrons. The van der Waals surface area contributed by atoms with Crippen LogP contribution in [0.2, 0.25) is 5.02 Å². The Morgan fingerprint density at radius 3 is 2.76 bits per heavy atom. The third kappa shape index (κ3) is 4.16. The van der Waals surface area contributed by atoms with E-state index in [1.807, 2.05) is 29.2 Å². The topological polar surface area (TPSA) is 78.8 Å². The minimum atomic E-state index is -3.56. The monoisotopic (exact) mass is 431 g/mol. The molecule has 29 heavy (non-hydrogen) atoms. The number of rotatable bonds is 5. The van der Waals surface area contributed by atoms with Crippen LogP contribution >= 0.6 is 11.6 Å². The van der Waals surface area contributed by atoms with Crippen molar-refractivity contribution in [1.29, 1.82) is 0 Å². The lowest BCUT2D eigenvalue weighted by molar-refractivity contribution is -0.131. The normalized spacial score (nSPS) is 21.2. The third-order valence-corrected chi connectivity index (χ3v) is 7.14. The van der Waals surface area contributed by atoms with Gasteiger partial charge in [-0.05, 0) is 43.0 Å². The number of sulfonamides is 1. The standard InChI is InChI=1S/C21H22ClN3O3S/c22-18-9-3-1-6-15(18)14-16-7-5-13-25(16)20(26)11-12-23-21-17-8-2-4-10-19(17)29(27,28)24-21/h1-4,6,8-10,16H,5,7,11-14H2,(H,23,24). The zero-order chi connectivity index (χ0) is 20.4. The van der Waals surface area contributed by atoms with Crippen molar-refractivity contribution in [1.82, 2.24) is 9.62 Å². The van der Waals surface area contributed by atoms with Crippen LogP contribution in [0.4, 0.5) is 0 Å². The summed E-state index contributed by atoms with van der Waals surface area (Å²) >= 11 is 6.27. The molecule has 0 aliphatic carbocycles. The van der Waals surface area contributed by atoms with Crippen molar-refractivity contribution in [2.75, 3.05) is 13.1 Å². The Hall–Kier alpha value is -2.38. The van der Waals surface area contributed by atoms with Gasteiger partial charge < -0.3 is 4.90 Å². The van der Waals surface area contributed by atoms with Crippen LogP contribution in [-0.4, -0.2) is 44.2 Å². The number of likely N-dealkylation sites (tertiary alicyclic amines) is 1. The first-order valence-electron chi connectivity index (χ1n) is 9.65. The molecule has 1 N–H and O–H groups in total. The van der Waals surface area contributed by atoms with E-state index >= 15 is 0 Å². The van der Waals surface area contributed by atoms with Gasteiger partial charge in [0.15, 0.2) is 0 Å². The van der Waals surface area contributed by atoms with Crippen LogP contribution in [0, 0.1) is 0 Å². The molecule has 6 nitrogen and oxygen atoms in total. The summed E-state index contributed by atoms with van der Waals surface area (Å²) in [7, 11) is -3.56. The number of fused-ring (bicyclic) bond motifs is 1. The molecule has 8 heteroatoms. The maximum absolute atomic E-state index is 12.8. The highest BCUT2D eigenvalue weighted by atomic mass is 35.5. The quantitative estimate of drug-likeness (QED) is 0.790. The van der Waals surface area contributed by atoms with E-state index in [1.165, 1.54) is 0 Å². The fraction of sp³-hybridized carbons (Fsp3) is 0.333. The average Bonchev–Trinajstić information content (AvgIpc) is 3.26. The fourth-order valence-electron chi connectivity index (χ4n) is 3.95. The number of nitrogens with one attached hydrogen (secondary N) is 1. The van der Waals surface area contributed by atoms with Crippen molar-refractivity contribution in [2.24, 2.45) is 4.99 Å². The third-order valence-electron chi connectivity index (χ3n) is 5.37. The molecular formula is C21H22ClN3O3S. The summed E-state index contributed by atoms with van der Waals surface area (Å²) in [6.07, 6.45) is 2.92. The molecule has 1 fully saturated rings. The molecule has 2 aromatic carbocycles. The van der Waals surface area contributed by atoms with E-state index in [4.69, 9.17) is 11.6 Å². The maximum Gasteiger partial charge on any atom is 0.263 e. The Kier molecular flexibility index (Phi) is 5.61. The summed E-state index contributed by atoms with van der Waals surface area (Å²) in [6.45, 7) is 0.973. The van der Waals surface area contributed by atoms with Gasteiger partial charge in [-0.1, -0.05) is 41.9 Å². The van der Waals surface area contributed by atoms with Crippen molar-refractivity contribution < 1.29 is 13.2 Å². The van der Waals surface area contributed by atoms with Crippen molar-refractivity contribution in [3.05, 3.63) is 64.7 Å². The van der Waals surface area contributed by atoms with Gasteiger partial charge in [0.2, 0.25) is 5.91 Å². The zero-order valence-electron chi connectivity index (χ0n) is 15.8. The molecule has 1 saturated heterocycles. The summed E-state index contributed by atoms with van der Waals surface area (Å²) < 4.78 is 26.7. The molecule has 1 amide bonds. The summed E-state index contributed by atoms with van der Waals surface area (Å²) in [5, 5.41) is 0.727. The number of benzene rings is 2. The van der Waals surface area contributed by atoms with Crippen LogP contribution in [0.25, 0.3) is 0 Å². The highest BCUT2D eigenvalue weighted by molar-refractivity contribution is 7.90. The summed E-state index contributed by atoms with van der Waals surface area (Å²) in [5.41, 5.74) is 1.61. The molecule has 1 atom stereocenters. The second-order valence-corrected chi connectivity index (χ2v) is 9.32. The van der Waals surface area contributed by atoms with Crippen LogP contribution in [-0.2, 0) is 21.2 Å². The van der Waals surface area contributed by atoms with Crippen molar-refractivity contribution in [2.45, 2.75) is 36.6 Å². The van der Waals surface area contributed by atoms with Gasteiger partial charge >= 0.3 is 0 Å². The summed E-state index contributed by atoms with van der Waals surface area (Å²) in [5.74, 6) is 0.348. The van der Waals surface area contributed by atoms with Crippen molar-refractivity contribution in [3.63, 3.8) is 0 Å². The molecule has 2 aromatic rings. The van der Waals surface area contributed by atoms with Gasteiger partial charge in [-0.3, -0.25) is 14.5 Å². The largest absolute Gasteiger partial charge is 0.339 e. The number of amides is 1. The molecular weight excluding hydrogens is 410 g/mol. The lowest BCUT2D eigenvalue weighted by Gasteiger charge is -2.25. The zero-order valence-corrected chi connectivity index (χ0v) is 17.4. The second-order valence-electron chi connectivity index (χ2n) is 7.26. The van der Waals surface area contributed by atoms with E-state index < -0.39 is 10.0 Å². The van der Waals surface area contributed by atoms with E-state index in [-0.39, 0.29) is 29.8 Å². The van der Waals surface area contributed by atoms with E-state index in [9.17, 15) is 13.2 Å². The highest BCUT2D eigenvalue weighted by Crippen LogP contribution is 2.26. The van der Waals surface area contributed by atoms with Gasteiger partial charge in [0.25, 0.3) is 10.0 Å². The fourth-order valence-corrected chi connectivity index (χ4v) is 5.42. The van der Waals surface area contributed by atoms with Crippen molar-refractivity contribution in [3.8, 4) is 0 Å². The second kappa shape index (κ2) is 8.16. The van der Waals surface area contributed by atoms with Crippen LogP contribution in [0.5, 0.6) is 0 Å². The van der Waals surface area contributed by atoms with Gasteiger partial charge in [-0.15, -0.1) is 0 Å². The molecule has 0 bridgehead atoms. The maximum atomic E-state index is 12.8. The summed E-state index contributed by atoms with van der Waals surface area (Å²) in [6, 6.07) is 14.6. The van der Waals surface area contributed by atoms with Gasteiger partial charge in [-0.2, -0.15) is 0 Å². The number of carbonyl (C=O) groups is 1. The molecule has 0 spiro atoms. The number of aliphatic imine (C=N–C) groups is 1. The molecule has 1 unspecified atom stereocenters. The van der Waals surface area contributed by atoms with Gasteiger partial charge in [0.1, 0.15) is 5.84 Å². The number of hydrogen-bond acceptors (Lipinski definition) is 4. The Balaban J connectivity index is 1.40. The predicted octanol–water partition coefficient (Wildman–Crippen LogP) is 3.00. The Morgan fingerprint density at radius 1 is 1.17 bits per heavy atom. The SMILES string of the molecule is O=C(CCN=C1NS(=O)(=O)c2ccccc21)N1CCCC1Cc1ccccc1Cl. The Bertz CT molecular complexity index is 1070. The lowest BCUT2D eigenvalue weighted by Crippen LogP contribution is -2.37. The minimum Gasteiger partial charge on any atom is -0.339 e. The van der Waals surface area contributed by atoms with E-state index in [0.717, 1.165) is 36.4 Å². The first-order chi connectivity index (χ1) is 14.0. The highest BCUT2D eigenvalue weighted by Gasteiger charge is 2.31. The predicted molar refractivity (Wildman–Crippen MR) is 113 cm³/mol. The lowest BCUT2D eigenvalue weighted by atomic mass is 10.0. The van der Waals surface area contributed by atoms with Gasteiger partial charge in [0.05, 0.1) is 11.4 Å². The molecule has 2 aliphatic heterocycles. The number of hydrogen-bond donors (Lipinski definition) is 1. The molecule has 2 aliphatic rings. The number of nitrogens with zero attached hydrogens (tertiary/aromatic N) is 2. The van der Waals surface area contributed by atoms with Crippen LogP contribution in [0.15, 0.2) is 58.4 Å². The molecule has 4 rings (SSSR count). The molecule has 0 aromatic heterocycles. The minimum absolute atomic E-state index is 0.0399. The Morgan fingerprint density at radius 2 is 1.93 bits per heavy atom. The van der Waals surface area contributed by atoms with E-state index in [2.05, 4.69) is 9.71 Å². The van der Waals surface area contributed by atoms with E-state index in [0.29, 0.717) is 11.4 Å². The van der Waals surface area contributed by atoms with Crippen molar-refractivity contribution >= 4 is 33.4 Å². The van der Waals surface area contributed by atoms with Gasteiger partial charge in [-0.25, -0.2) is 8.42 Å². The number of carbonyl (C=O) groups excluding carboxylic acids is 1. The van der Waals surface area contributed by atoms with Crippen LogP contribution in [0.3, 0.4) is 0 Å². The smallest absolute Gasteiger partial charge is 0.263 e. The van der Waals surface area contributed by atoms with Crippen LogP contribution in [0.1, 0.15) is 30.4 Å². The van der Waals surface area contributed by atoms with Crippen LogP contribution < -0.4 is 4.72 Å². The first-order valence-corrected chi connectivity index (χ1v) is 11.5. The first kappa shape index (κ1) is 19.9. The van der Waals surface area contributed by atoms with E-state index in [1.54, 1.807) is 24.3 Å². The molecule has 2 heterocycles. The number of amidine groups is 1.